The number of ether oxygens (including phenoxy) is 4. The van der Waals surface area contributed by atoms with Gasteiger partial charge in [-0.2, -0.15) is 0 Å². The van der Waals surface area contributed by atoms with Gasteiger partial charge in [-0.15, -0.1) is 0 Å². The number of hydrogen-bond donors (Lipinski definition) is 0. The molecule has 24 heavy (non-hydrogen) atoms. The molecule has 0 saturated heterocycles. The Morgan fingerprint density at radius 3 is 1.67 bits per heavy atom. The fourth-order valence-corrected chi connectivity index (χ4v) is 1.77. The number of esters is 1. The van der Waals surface area contributed by atoms with Crippen molar-refractivity contribution in [3.8, 4) is 23.0 Å². The summed E-state index contributed by atoms with van der Waals surface area (Å²) >= 11 is 0. The molecule has 8 nitrogen and oxygen atoms in total. The summed E-state index contributed by atoms with van der Waals surface area (Å²) < 4.78 is 19.1. The Balaban J connectivity index is 2.40. The first kappa shape index (κ1) is 16.7. The van der Waals surface area contributed by atoms with Crippen LogP contribution in [0.5, 0.6) is 23.0 Å². The van der Waals surface area contributed by atoms with E-state index in [0.717, 1.165) is 12.1 Å². The molecule has 0 spiro atoms. The van der Waals surface area contributed by atoms with Crippen molar-refractivity contribution in [2.45, 2.75) is 0 Å². The molecule has 0 fully saturated rings. The van der Waals surface area contributed by atoms with Gasteiger partial charge in [0.2, 0.25) is 0 Å². The Morgan fingerprint density at radius 2 is 1.17 bits per heavy atom. The molecule has 2 aromatic rings. The zero-order chi connectivity index (χ0) is 17.4. The minimum atomic E-state index is -0.729. The summed E-state index contributed by atoms with van der Waals surface area (Å²) in [5.41, 5.74) is 0.251. The van der Waals surface area contributed by atoms with Crippen molar-refractivity contribution in [3.05, 3.63) is 48.0 Å². The lowest BCUT2D eigenvalue weighted by Crippen LogP contribution is -2.10. The molecule has 0 N–H and O–H groups in total. The van der Waals surface area contributed by atoms with Gasteiger partial charge in [-0.05, 0) is 12.1 Å². The molecule has 0 bridgehead atoms. The molecule has 0 saturated carbocycles. The Morgan fingerprint density at radius 1 is 0.708 bits per heavy atom. The molecule has 0 aliphatic rings. The lowest BCUT2D eigenvalue weighted by atomic mass is 10.2. The van der Waals surface area contributed by atoms with Crippen LogP contribution in [0.1, 0.15) is 10.4 Å². The van der Waals surface area contributed by atoms with Crippen LogP contribution in [0.2, 0.25) is 0 Å². The number of hydrogen-bond acceptors (Lipinski definition) is 8. The molecule has 0 radical (unpaired) electrons. The Kier molecular flexibility index (Phi) is 5.62. The molecular formula is C16H10O8. The van der Waals surface area contributed by atoms with Crippen LogP contribution in [0, 0.1) is 0 Å². The van der Waals surface area contributed by atoms with E-state index in [1.807, 2.05) is 0 Å². The molecule has 8 heteroatoms. The Labute approximate surface area is 135 Å². The number of carbonyl (C=O) groups excluding carboxylic acids is 4. The zero-order valence-electron chi connectivity index (χ0n) is 12.0. The van der Waals surface area contributed by atoms with Crippen LogP contribution >= 0.6 is 0 Å². The fourth-order valence-electron chi connectivity index (χ4n) is 1.77. The third-order valence-electron chi connectivity index (χ3n) is 2.75. The van der Waals surface area contributed by atoms with E-state index in [1.165, 1.54) is 12.1 Å². The van der Waals surface area contributed by atoms with Crippen molar-refractivity contribution in [3.63, 3.8) is 0 Å². The van der Waals surface area contributed by atoms with Gasteiger partial charge in [0.1, 0.15) is 0 Å². The van der Waals surface area contributed by atoms with Gasteiger partial charge in [0.25, 0.3) is 19.4 Å². The first-order valence-electron chi connectivity index (χ1n) is 6.45. The highest BCUT2D eigenvalue weighted by atomic mass is 16.6. The van der Waals surface area contributed by atoms with Crippen molar-refractivity contribution in [1.29, 1.82) is 0 Å². The van der Waals surface area contributed by atoms with E-state index in [0.29, 0.717) is 0 Å². The lowest BCUT2D eigenvalue weighted by molar-refractivity contribution is -0.123. The molecular weight excluding hydrogens is 320 g/mol. The number of carbonyl (C=O) groups is 4. The van der Waals surface area contributed by atoms with E-state index in [-0.39, 0.29) is 48.0 Å². The molecule has 0 unspecified atom stereocenters. The highest BCUT2D eigenvalue weighted by Crippen LogP contribution is 2.39. The van der Waals surface area contributed by atoms with Gasteiger partial charge >= 0.3 is 5.97 Å². The maximum atomic E-state index is 12.1. The summed E-state index contributed by atoms with van der Waals surface area (Å²) in [7, 11) is 0. The monoisotopic (exact) mass is 330 g/mol. The lowest BCUT2D eigenvalue weighted by Gasteiger charge is -2.12. The third-order valence-corrected chi connectivity index (χ3v) is 2.75. The first-order chi connectivity index (χ1) is 11.7. The second-order valence-electron chi connectivity index (χ2n) is 4.14. The van der Waals surface area contributed by atoms with Crippen molar-refractivity contribution in [2.24, 2.45) is 0 Å². The normalized spacial score (nSPS) is 9.50. The smallest absolute Gasteiger partial charge is 0.343 e. The number of benzene rings is 2. The van der Waals surface area contributed by atoms with Gasteiger partial charge in [0, 0.05) is 12.1 Å². The Hall–Kier alpha value is -3.68. The molecule has 0 aliphatic carbocycles. The SMILES string of the molecule is O=COc1cc(OC=O)c(OC(=O)c2ccccc2)cc1OC=O. The van der Waals surface area contributed by atoms with E-state index < -0.39 is 5.97 Å². The second kappa shape index (κ2) is 8.08. The summed E-state index contributed by atoms with van der Waals surface area (Å²) in [4.78, 5) is 43.7. The number of rotatable bonds is 8. The standard InChI is InChI=1S/C16H10O8/c17-8-21-12-6-14(23-10-19)15(7-13(12)22-9-18)24-16(20)11-4-2-1-3-5-11/h1-10H. The highest BCUT2D eigenvalue weighted by Gasteiger charge is 2.18. The average Bonchev–Trinajstić information content (AvgIpc) is 2.59. The minimum Gasteiger partial charge on any atom is -0.425 e. The van der Waals surface area contributed by atoms with Crippen molar-refractivity contribution < 1.29 is 38.1 Å². The summed E-state index contributed by atoms with van der Waals surface area (Å²) in [5, 5.41) is 0. The quantitative estimate of drug-likeness (QED) is 0.407. The summed E-state index contributed by atoms with van der Waals surface area (Å²) in [6.45, 7) is 0.281. The van der Waals surface area contributed by atoms with Crippen LogP contribution in [0.25, 0.3) is 0 Å². The van der Waals surface area contributed by atoms with Crippen LogP contribution in [-0.4, -0.2) is 25.4 Å². The second-order valence-corrected chi connectivity index (χ2v) is 4.14. The van der Waals surface area contributed by atoms with E-state index in [4.69, 9.17) is 9.47 Å². The molecule has 2 aromatic carbocycles. The van der Waals surface area contributed by atoms with E-state index >= 15 is 0 Å². The van der Waals surface area contributed by atoms with Crippen LogP contribution < -0.4 is 18.9 Å². The summed E-state index contributed by atoms with van der Waals surface area (Å²) in [6.07, 6.45) is 0. The maximum absolute atomic E-state index is 12.1. The fraction of sp³-hybridized carbons (Fsp3) is 0. The van der Waals surface area contributed by atoms with Crippen LogP contribution in [-0.2, 0) is 14.4 Å². The highest BCUT2D eigenvalue weighted by molar-refractivity contribution is 5.91. The van der Waals surface area contributed by atoms with Crippen LogP contribution in [0.3, 0.4) is 0 Å². The van der Waals surface area contributed by atoms with Crippen molar-refractivity contribution >= 4 is 25.4 Å². The van der Waals surface area contributed by atoms with Crippen molar-refractivity contribution in [2.75, 3.05) is 0 Å². The molecule has 122 valence electrons. The third kappa shape index (κ3) is 3.95. The predicted molar refractivity (Wildman–Crippen MR) is 77.9 cm³/mol. The van der Waals surface area contributed by atoms with E-state index in [1.54, 1.807) is 18.2 Å². The zero-order valence-corrected chi connectivity index (χ0v) is 12.0. The molecule has 0 aliphatic heterocycles. The van der Waals surface area contributed by atoms with Gasteiger partial charge in [0.05, 0.1) is 5.56 Å². The van der Waals surface area contributed by atoms with E-state index in [9.17, 15) is 19.2 Å². The molecule has 0 heterocycles. The van der Waals surface area contributed by atoms with E-state index in [2.05, 4.69) is 9.47 Å². The summed E-state index contributed by atoms with van der Waals surface area (Å²) in [6, 6.07) is 10.2. The van der Waals surface area contributed by atoms with Gasteiger partial charge in [-0.1, -0.05) is 18.2 Å². The predicted octanol–water partition coefficient (Wildman–Crippen LogP) is 1.51. The first-order valence-corrected chi connectivity index (χ1v) is 6.45. The topological polar surface area (TPSA) is 105 Å². The van der Waals surface area contributed by atoms with Gasteiger partial charge in [-0.25, -0.2) is 4.79 Å². The maximum Gasteiger partial charge on any atom is 0.343 e. The molecule has 0 atom stereocenters. The van der Waals surface area contributed by atoms with Crippen LogP contribution in [0.15, 0.2) is 42.5 Å². The Bertz CT molecular complexity index is 754. The molecule has 2 rings (SSSR count). The minimum absolute atomic E-state index is 0.0906. The van der Waals surface area contributed by atoms with Gasteiger partial charge < -0.3 is 18.9 Å². The molecule has 0 amide bonds. The van der Waals surface area contributed by atoms with Crippen molar-refractivity contribution in [1.82, 2.24) is 0 Å². The molecule has 0 aromatic heterocycles. The average molecular weight is 330 g/mol. The van der Waals surface area contributed by atoms with Gasteiger partial charge in [0.15, 0.2) is 23.0 Å². The summed E-state index contributed by atoms with van der Waals surface area (Å²) in [5.74, 6) is -1.54. The van der Waals surface area contributed by atoms with Crippen LogP contribution in [0.4, 0.5) is 0 Å². The largest absolute Gasteiger partial charge is 0.425 e. The van der Waals surface area contributed by atoms with Gasteiger partial charge in [-0.3, -0.25) is 14.4 Å².